The van der Waals surface area contributed by atoms with Crippen LogP contribution in [0.2, 0.25) is 0 Å². The second kappa shape index (κ2) is 7.52. The van der Waals surface area contributed by atoms with Crippen LogP contribution in [0.1, 0.15) is 29.9 Å². The third-order valence-electron chi connectivity index (χ3n) is 4.82. The third kappa shape index (κ3) is 3.73. The molecule has 0 spiro atoms. The molecular weight excluding hydrogens is 366 g/mol. The molecule has 3 rings (SSSR count). The van der Waals surface area contributed by atoms with E-state index in [0.717, 1.165) is 15.4 Å². The minimum atomic E-state index is -4.07. The highest BCUT2D eigenvalue weighted by Crippen LogP contribution is 2.39. The van der Waals surface area contributed by atoms with Crippen molar-refractivity contribution in [3.63, 3.8) is 0 Å². The fraction of sp³-hybridized carbons (Fsp3) is 0.300. The number of hydrogen-bond donors (Lipinski definition) is 0. The van der Waals surface area contributed by atoms with Gasteiger partial charge in [0, 0.05) is 12.3 Å². The Balaban J connectivity index is 2.04. The molecular formula is C20H21NO5S. The minimum Gasteiger partial charge on any atom is -0.469 e. The zero-order valence-corrected chi connectivity index (χ0v) is 16.0. The van der Waals surface area contributed by atoms with Crippen molar-refractivity contribution in [1.29, 1.82) is 0 Å². The van der Waals surface area contributed by atoms with Gasteiger partial charge in [0.05, 0.1) is 24.5 Å². The molecule has 0 unspecified atom stereocenters. The summed E-state index contributed by atoms with van der Waals surface area (Å²) in [5.74, 6) is -1.48. The van der Waals surface area contributed by atoms with Crippen LogP contribution in [-0.4, -0.2) is 37.8 Å². The number of hydrogen-bond acceptors (Lipinski definition) is 5. The minimum absolute atomic E-state index is 0.0246. The number of ether oxygens (including phenoxy) is 1. The molecule has 1 aliphatic rings. The summed E-state index contributed by atoms with van der Waals surface area (Å²) in [6.45, 7) is 1.85. The van der Waals surface area contributed by atoms with Gasteiger partial charge in [-0.3, -0.25) is 9.59 Å². The second-order valence-electron chi connectivity index (χ2n) is 6.58. The number of nitrogens with zero attached hydrogens (tertiary/aromatic N) is 1. The molecule has 2 aromatic rings. The Kier molecular flexibility index (Phi) is 5.32. The first kappa shape index (κ1) is 19.1. The van der Waals surface area contributed by atoms with E-state index in [9.17, 15) is 18.0 Å². The zero-order chi connectivity index (χ0) is 19.6. The molecule has 142 valence electrons. The maximum Gasteiger partial charge on any atom is 0.307 e. The van der Waals surface area contributed by atoms with Gasteiger partial charge in [0.25, 0.3) is 10.0 Å². The average molecular weight is 387 g/mol. The highest BCUT2D eigenvalue weighted by Gasteiger charge is 2.48. The fourth-order valence-electron chi connectivity index (χ4n) is 3.42. The van der Waals surface area contributed by atoms with Crippen LogP contribution in [0.25, 0.3) is 0 Å². The number of sulfonamides is 1. The second-order valence-corrected chi connectivity index (χ2v) is 8.39. The molecule has 7 heteroatoms. The zero-order valence-electron chi connectivity index (χ0n) is 15.2. The summed E-state index contributed by atoms with van der Waals surface area (Å²) in [6.07, 6.45) is -0.163. The summed E-state index contributed by atoms with van der Waals surface area (Å²) >= 11 is 0. The molecule has 0 aromatic heterocycles. The maximum absolute atomic E-state index is 13.2. The monoisotopic (exact) mass is 387 g/mol. The lowest BCUT2D eigenvalue weighted by molar-refractivity contribution is -0.141. The molecule has 6 nitrogen and oxygen atoms in total. The Labute approximate surface area is 158 Å². The van der Waals surface area contributed by atoms with Gasteiger partial charge < -0.3 is 4.74 Å². The normalized spacial score (nSPS) is 19.9. The molecule has 27 heavy (non-hydrogen) atoms. The largest absolute Gasteiger partial charge is 0.469 e. The van der Waals surface area contributed by atoms with Crippen LogP contribution in [0, 0.1) is 6.92 Å². The number of carbonyl (C=O) groups is 2. The van der Waals surface area contributed by atoms with Crippen LogP contribution in [0.4, 0.5) is 0 Å². The van der Waals surface area contributed by atoms with Crippen LogP contribution in [0.15, 0.2) is 59.5 Å². The maximum atomic E-state index is 13.2. The summed E-state index contributed by atoms with van der Waals surface area (Å²) in [4.78, 5) is 24.7. The number of amides is 1. The summed E-state index contributed by atoms with van der Waals surface area (Å²) in [5, 5.41) is 0. The van der Waals surface area contributed by atoms with Crippen LogP contribution in [0.5, 0.6) is 0 Å². The molecule has 2 atom stereocenters. The van der Waals surface area contributed by atoms with Crippen LogP contribution >= 0.6 is 0 Å². The van der Waals surface area contributed by atoms with Crippen molar-refractivity contribution >= 4 is 21.9 Å². The van der Waals surface area contributed by atoms with E-state index in [1.807, 2.05) is 37.3 Å². The smallest absolute Gasteiger partial charge is 0.307 e. The quantitative estimate of drug-likeness (QED) is 0.737. The molecule has 1 aliphatic heterocycles. The first-order valence-electron chi connectivity index (χ1n) is 8.60. The summed E-state index contributed by atoms with van der Waals surface area (Å²) < 4.78 is 31.9. The van der Waals surface area contributed by atoms with Crippen LogP contribution < -0.4 is 0 Å². The Bertz CT molecular complexity index is 938. The SMILES string of the molecule is COC(=O)C[C@@H]1[C@@H](c2ccccc2)CC(=O)N1S(=O)(=O)c1ccc(C)cc1. The van der Waals surface area contributed by atoms with Crippen molar-refractivity contribution in [2.24, 2.45) is 0 Å². The predicted octanol–water partition coefficient (Wildman–Crippen LogP) is 2.63. The van der Waals surface area contributed by atoms with Gasteiger partial charge in [-0.15, -0.1) is 0 Å². The van der Waals surface area contributed by atoms with Gasteiger partial charge in [0.1, 0.15) is 0 Å². The van der Waals surface area contributed by atoms with E-state index >= 15 is 0 Å². The third-order valence-corrected chi connectivity index (χ3v) is 6.68. The first-order valence-corrected chi connectivity index (χ1v) is 10.0. The summed E-state index contributed by atoms with van der Waals surface area (Å²) in [5.41, 5.74) is 1.73. The topological polar surface area (TPSA) is 80.8 Å². The van der Waals surface area contributed by atoms with Crippen molar-refractivity contribution in [2.75, 3.05) is 7.11 Å². The molecule has 1 amide bonds. The van der Waals surface area contributed by atoms with Gasteiger partial charge >= 0.3 is 5.97 Å². The van der Waals surface area contributed by atoms with Gasteiger partial charge in [0.15, 0.2) is 0 Å². The average Bonchev–Trinajstić information content (AvgIpc) is 2.99. The van der Waals surface area contributed by atoms with E-state index in [4.69, 9.17) is 4.74 Å². The molecule has 0 radical (unpaired) electrons. The highest BCUT2D eigenvalue weighted by atomic mass is 32.2. The number of aryl methyl sites for hydroxylation is 1. The van der Waals surface area contributed by atoms with Crippen LogP contribution in [-0.2, 0) is 24.3 Å². The van der Waals surface area contributed by atoms with Gasteiger partial charge in [-0.1, -0.05) is 48.0 Å². The van der Waals surface area contributed by atoms with Gasteiger partial charge in [-0.25, -0.2) is 12.7 Å². The Morgan fingerprint density at radius 3 is 2.33 bits per heavy atom. The Morgan fingerprint density at radius 2 is 1.74 bits per heavy atom. The summed E-state index contributed by atoms with van der Waals surface area (Å²) in [6, 6.07) is 14.7. The van der Waals surface area contributed by atoms with Gasteiger partial charge in [0.2, 0.25) is 5.91 Å². The molecule has 0 aliphatic carbocycles. The van der Waals surface area contributed by atoms with Gasteiger partial charge in [-0.05, 0) is 24.6 Å². The lowest BCUT2D eigenvalue weighted by Crippen LogP contribution is -2.41. The number of rotatable bonds is 5. The molecule has 1 heterocycles. The van der Waals surface area contributed by atoms with Crippen molar-refractivity contribution in [1.82, 2.24) is 4.31 Å². The Hall–Kier alpha value is -2.67. The number of esters is 1. The molecule has 0 saturated carbocycles. The van der Waals surface area contributed by atoms with Gasteiger partial charge in [-0.2, -0.15) is 0 Å². The molecule has 1 saturated heterocycles. The van der Waals surface area contributed by atoms with Crippen molar-refractivity contribution in [2.45, 2.75) is 36.6 Å². The number of methoxy groups -OCH3 is 1. The van der Waals surface area contributed by atoms with E-state index in [0.29, 0.717) is 0 Å². The first-order chi connectivity index (χ1) is 12.8. The molecule has 0 bridgehead atoms. The predicted molar refractivity (Wildman–Crippen MR) is 99.4 cm³/mol. The van der Waals surface area contributed by atoms with E-state index in [2.05, 4.69) is 0 Å². The summed E-state index contributed by atoms with van der Waals surface area (Å²) in [7, 11) is -2.83. The van der Waals surface area contributed by atoms with E-state index in [1.54, 1.807) is 12.1 Å². The Morgan fingerprint density at radius 1 is 1.11 bits per heavy atom. The lowest BCUT2D eigenvalue weighted by Gasteiger charge is -2.27. The van der Waals surface area contributed by atoms with E-state index < -0.39 is 33.9 Å². The lowest BCUT2D eigenvalue weighted by atomic mass is 9.90. The number of carbonyl (C=O) groups excluding carboxylic acids is 2. The van der Waals surface area contributed by atoms with E-state index in [1.165, 1.54) is 19.2 Å². The van der Waals surface area contributed by atoms with Crippen LogP contribution in [0.3, 0.4) is 0 Å². The molecule has 1 fully saturated rings. The van der Waals surface area contributed by atoms with Crippen molar-refractivity contribution in [3.8, 4) is 0 Å². The standard InChI is InChI=1S/C20H21NO5S/c1-14-8-10-16(11-9-14)27(24,25)21-18(13-20(23)26-2)17(12-19(21)22)15-6-4-3-5-7-15/h3-11,17-18H,12-13H2,1-2H3/t17-,18-/m1/s1. The fourth-order valence-corrected chi connectivity index (χ4v) is 5.05. The molecule has 0 N–H and O–H groups in total. The van der Waals surface area contributed by atoms with Crippen molar-refractivity contribution < 1.29 is 22.7 Å². The molecule has 2 aromatic carbocycles. The van der Waals surface area contributed by atoms with Crippen molar-refractivity contribution in [3.05, 3.63) is 65.7 Å². The van der Waals surface area contributed by atoms with E-state index in [-0.39, 0.29) is 17.7 Å². The highest BCUT2D eigenvalue weighted by molar-refractivity contribution is 7.89. The number of benzene rings is 2.